The molecule has 2 aromatic heterocycles. The minimum Gasteiger partial charge on any atom is -0.485 e. The molecule has 0 aliphatic heterocycles. The van der Waals surface area contributed by atoms with Crippen LogP contribution in [0, 0.1) is 34.8 Å². The summed E-state index contributed by atoms with van der Waals surface area (Å²) < 4.78 is 33.9. The van der Waals surface area contributed by atoms with Gasteiger partial charge in [0.1, 0.15) is 18.2 Å². The average molecular weight is 526 g/mol. The molecule has 0 amide bonds. The molecule has 39 heavy (non-hydrogen) atoms. The zero-order valence-corrected chi connectivity index (χ0v) is 21.9. The molecule has 8 rings (SSSR count). The van der Waals surface area contributed by atoms with E-state index in [1.165, 1.54) is 68.0 Å². The van der Waals surface area contributed by atoms with Crippen LogP contribution in [0.1, 0.15) is 61.3 Å². The number of benzene rings is 2. The second kappa shape index (κ2) is 9.51. The molecule has 4 nitrogen and oxygen atoms in total. The van der Waals surface area contributed by atoms with Crippen molar-refractivity contribution in [3.05, 3.63) is 102 Å². The molecular formula is C33H33F2N3O. The molecule has 2 heterocycles. The van der Waals surface area contributed by atoms with Crippen LogP contribution in [0.4, 0.5) is 14.6 Å². The molecule has 6 heteroatoms. The fourth-order valence-electron chi connectivity index (χ4n) is 8.33. The number of aromatic amines is 1. The van der Waals surface area contributed by atoms with Gasteiger partial charge < -0.3 is 15.5 Å². The van der Waals surface area contributed by atoms with Crippen LogP contribution in [-0.2, 0) is 6.61 Å². The number of nitrogens with one attached hydrogen (secondary N) is 1. The summed E-state index contributed by atoms with van der Waals surface area (Å²) in [6.07, 6.45) is 12.0. The second-order valence-corrected chi connectivity index (χ2v) is 12.1. The Balaban J connectivity index is 1.17. The highest BCUT2D eigenvalue weighted by Crippen LogP contribution is 2.65. The van der Waals surface area contributed by atoms with Crippen molar-refractivity contribution in [1.82, 2.24) is 9.97 Å². The van der Waals surface area contributed by atoms with E-state index >= 15 is 0 Å². The van der Waals surface area contributed by atoms with Crippen molar-refractivity contribution in [3.8, 4) is 16.9 Å². The summed E-state index contributed by atoms with van der Waals surface area (Å²) in [6.45, 7) is -0.268. The Bertz CT molecular complexity index is 1430. The van der Waals surface area contributed by atoms with Gasteiger partial charge in [0.05, 0.1) is 5.56 Å². The zero-order valence-electron chi connectivity index (χ0n) is 21.9. The summed E-state index contributed by atoms with van der Waals surface area (Å²) in [5.41, 5.74) is 10.7. The number of nitrogen functional groups attached to an aromatic ring is 1. The fraction of sp³-hybridized carbons (Fsp3) is 0.364. The van der Waals surface area contributed by atoms with E-state index in [2.05, 4.69) is 46.4 Å². The minimum absolute atomic E-state index is 0.133. The summed E-state index contributed by atoms with van der Waals surface area (Å²) in [7, 11) is 0. The van der Waals surface area contributed by atoms with Gasteiger partial charge in [-0.3, -0.25) is 0 Å². The first-order chi connectivity index (χ1) is 19.0. The number of pyridine rings is 1. The van der Waals surface area contributed by atoms with Crippen molar-refractivity contribution in [2.75, 3.05) is 5.73 Å². The number of rotatable bonds is 7. The Hall–Kier alpha value is -3.67. The van der Waals surface area contributed by atoms with E-state index in [-0.39, 0.29) is 18.0 Å². The van der Waals surface area contributed by atoms with E-state index in [1.54, 1.807) is 12.3 Å². The molecule has 200 valence electrons. The largest absolute Gasteiger partial charge is 0.485 e. The molecule has 1 unspecified atom stereocenters. The summed E-state index contributed by atoms with van der Waals surface area (Å²) in [5.74, 6) is 2.18. The number of nitrogens with two attached hydrogens (primary N) is 1. The number of hydrogen-bond donors (Lipinski definition) is 2. The molecule has 0 saturated heterocycles. The molecule has 1 atom stereocenters. The van der Waals surface area contributed by atoms with Crippen molar-refractivity contribution >= 4 is 5.82 Å². The van der Waals surface area contributed by atoms with Gasteiger partial charge in [-0.15, -0.1) is 0 Å². The first-order valence-corrected chi connectivity index (χ1v) is 14.0. The lowest BCUT2D eigenvalue weighted by atomic mass is 9.45. The SMILES string of the molecule is Nc1ncc(-c2ccc(C(c3ccc[nH]3)C34CC5CC(CC(C5)C3)C4)cc2)cc1OCc1c(F)cccc1F. The lowest BCUT2D eigenvalue weighted by molar-refractivity contribution is -0.0624. The molecule has 4 aromatic rings. The van der Waals surface area contributed by atoms with E-state index < -0.39 is 11.6 Å². The predicted molar refractivity (Wildman–Crippen MR) is 148 cm³/mol. The fourth-order valence-corrected chi connectivity index (χ4v) is 8.33. The molecule has 4 aliphatic carbocycles. The molecular weight excluding hydrogens is 492 g/mol. The van der Waals surface area contributed by atoms with Crippen LogP contribution >= 0.6 is 0 Å². The third-order valence-corrected chi connectivity index (χ3v) is 9.52. The number of H-pyrrole nitrogens is 1. The third-order valence-electron chi connectivity index (χ3n) is 9.52. The van der Waals surface area contributed by atoms with Crippen LogP contribution in [0.25, 0.3) is 11.1 Å². The van der Waals surface area contributed by atoms with Gasteiger partial charge in [-0.25, -0.2) is 13.8 Å². The van der Waals surface area contributed by atoms with Crippen LogP contribution in [0.3, 0.4) is 0 Å². The number of hydrogen-bond acceptors (Lipinski definition) is 3. The van der Waals surface area contributed by atoms with E-state index in [4.69, 9.17) is 10.5 Å². The highest BCUT2D eigenvalue weighted by atomic mass is 19.1. The van der Waals surface area contributed by atoms with Crippen LogP contribution in [-0.4, -0.2) is 9.97 Å². The maximum atomic E-state index is 14.1. The molecule has 0 spiro atoms. The Kier molecular flexibility index (Phi) is 5.94. The van der Waals surface area contributed by atoms with Crippen molar-refractivity contribution in [2.24, 2.45) is 23.2 Å². The average Bonchev–Trinajstić information content (AvgIpc) is 3.43. The zero-order chi connectivity index (χ0) is 26.6. The van der Waals surface area contributed by atoms with Crippen molar-refractivity contribution in [1.29, 1.82) is 0 Å². The van der Waals surface area contributed by atoms with Gasteiger partial charge in [-0.1, -0.05) is 30.3 Å². The molecule has 4 aliphatic rings. The maximum Gasteiger partial charge on any atom is 0.166 e. The van der Waals surface area contributed by atoms with Crippen LogP contribution in [0.5, 0.6) is 5.75 Å². The summed E-state index contributed by atoms with van der Waals surface area (Å²) in [4.78, 5) is 7.86. The number of ether oxygens (including phenoxy) is 1. The van der Waals surface area contributed by atoms with Gasteiger partial charge in [0, 0.05) is 29.6 Å². The lowest BCUT2D eigenvalue weighted by Crippen LogP contribution is -2.49. The van der Waals surface area contributed by atoms with E-state index in [0.29, 0.717) is 17.1 Å². The van der Waals surface area contributed by atoms with E-state index in [1.807, 2.05) is 6.20 Å². The molecule has 3 N–H and O–H groups in total. The highest BCUT2D eigenvalue weighted by Gasteiger charge is 2.54. The molecule has 0 radical (unpaired) electrons. The first kappa shape index (κ1) is 24.4. The minimum atomic E-state index is -0.649. The quantitative estimate of drug-likeness (QED) is 0.258. The molecule has 4 bridgehead atoms. The van der Waals surface area contributed by atoms with Crippen LogP contribution in [0.15, 0.2) is 73.1 Å². The smallest absolute Gasteiger partial charge is 0.166 e. The number of halogens is 2. The van der Waals surface area contributed by atoms with Gasteiger partial charge in [-0.2, -0.15) is 0 Å². The van der Waals surface area contributed by atoms with Gasteiger partial charge in [0.15, 0.2) is 11.6 Å². The monoisotopic (exact) mass is 525 g/mol. The Labute approximate surface area is 227 Å². The number of aromatic nitrogens is 2. The first-order valence-electron chi connectivity index (χ1n) is 14.0. The molecule has 4 fully saturated rings. The van der Waals surface area contributed by atoms with Gasteiger partial charge >= 0.3 is 0 Å². The van der Waals surface area contributed by atoms with E-state index in [0.717, 1.165) is 28.9 Å². The van der Waals surface area contributed by atoms with Gasteiger partial charge in [-0.05, 0) is 103 Å². The standard InChI is InChI=1S/C33H33F2N3O/c34-27-3-1-4-28(35)26(27)19-39-30-14-25(18-38-32(30)36)23-6-8-24(9-7-23)31(29-5-2-10-37-29)33-15-20-11-21(16-33)13-22(12-20)17-33/h1-10,14,18,20-22,31,37H,11-13,15-17,19H2,(H2,36,38). The maximum absolute atomic E-state index is 14.1. The molecule has 2 aromatic carbocycles. The normalized spacial score (nSPS) is 26.1. The van der Waals surface area contributed by atoms with Crippen molar-refractivity contribution in [2.45, 2.75) is 51.0 Å². The van der Waals surface area contributed by atoms with Crippen LogP contribution in [0.2, 0.25) is 0 Å². The molecule has 4 saturated carbocycles. The third kappa shape index (κ3) is 4.40. The predicted octanol–water partition coefficient (Wildman–Crippen LogP) is 7.86. The summed E-state index contributed by atoms with van der Waals surface area (Å²) in [5, 5.41) is 0. The topological polar surface area (TPSA) is 63.9 Å². The number of anilines is 1. The van der Waals surface area contributed by atoms with Crippen LogP contribution < -0.4 is 10.5 Å². The Morgan fingerprint density at radius 1 is 0.897 bits per heavy atom. The summed E-state index contributed by atoms with van der Waals surface area (Å²) >= 11 is 0. The van der Waals surface area contributed by atoms with Gasteiger partial charge in [0.25, 0.3) is 0 Å². The second-order valence-electron chi connectivity index (χ2n) is 12.1. The Morgan fingerprint density at radius 3 is 2.18 bits per heavy atom. The highest BCUT2D eigenvalue weighted by molar-refractivity contribution is 5.67. The summed E-state index contributed by atoms with van der Waals surface area (Å²) in [6, 6.07) is 18.7. The van der Waals surface area contributed by atoms with E-state index in [9.17, 15) is 8.78 Å². The van der Waals surface area contributed by atoms with Crippen molar-refractivity contribution in [3.63, 3.8) is 0 Å². The number of nitrogens with zero attached hydrogens (tertiary/aromatic N) is 1. The lowest BCUT2D eigenvalue weighted by Gasteiger charge is -2.59. The van der Waals surface area contributed by atoms with Crippen molar-refractivity contribution < 1.29 is 13.5 Å². The Morgan fingerprint density at radius 2 is 1.56 bits per heavy atom. The van der Waals surface area contributed by atoms with Gasteiger partial charge in [0.2, 0.25) is 0 Å².